The molecule has 2 saturated carbocycles. The summed E-state index contributed by atoms with van der Waals surface area (Å²) in [4.78, 5) is 35.3. The van der Waals surface area contributed by atoms with E-state index in [4.69, 9.17) is 11.5 Å². The van der Waals surface area contributed by atoms with Gasteiger partial charge in [0.05, 0.1) is 5.75 Å². The number of carbonyl (C=O) groups excluding carboxylic acids is 2. The smallest absolute Gasteiger partial charge is 0.321 e. The molecule has 0 unspecified atom stereocenters. The van der Waals surface area contributed by atoms with Crippen molar-refractivity contribution in [1.82, 2.24) is 25.6 Å². The number of hydrogen-bond acceptors (Lipinski definition) is 8. The number of hydrogen-bond donors (Lipinski definition) is 4. The van der Waals surface area contributed by atoms with E-state index in [-0.39, 0.29) is 28.8 Å². The average molecular weight is 365 g/mol. The van der Waals surface area contributed by atoms with Gasteiger partial charge in [0, 0.05) is 6.04 Å². The van der Waals surface area contributed by atoms with E-state index in [1.165, 1.54) is 25.7 Å². The van der Waals surface area contributed by atoms with Gasteiger partial charge in [-0.15, -0.1) is 0 Å². The van der Waals surface area contributed by atoms with E-state index >= 15 is 0 Å². The van der Waals surface area contributed by atoms with Crippen LogP contribution < -0.4 is 22.1 Å². The minimum atomic E-state index is -0.462. The summed E-state index contributed by atoms with van der Waals surface area (Å²) in [6.07, 6.45) is 5.04. The maximum Gasteiger partial charge on any atom is 0.321 e. The molecule has 9 nitrogen and oxygen atoms in total. The molecule has 0 saturated heterocycles. The summed E-state index contributed by atoms with van der Waals surface area (Å²) in [5, 5.41) is 5.47. The van der Waals surface area contributed by atoms with E-state index in [1.807, 2.05) is 6.92 Å². The topological polar surface area (TPSA) is 149 Å². The van der Waals surface area contributed by atoms with Gasteiger partial charge in [0.1, 0.15) is 0 Å². The molecule has 2 fully saturated rings. The maximum atomic E-state index is 12.0. The second-order valence-corrected chi connectivity index (χ2v) is 7.71. The second-order valence-electron chi connectivity index (χ2n) is 6.77. The van der Waals surface area contributed by atoms with E-state index in [9.17, 15) is 9.59 Å². The van der Waals surface area contributed by atoms with Crippen molar-refractivity contribution in [3.63, 3.8) is 0 Å². The van der Waals surface area contributed by atoms with Crippen LogP contribution in [0.1, 0.15) is 32.6 Å². The number of nitrogens with one attached hydrogen (secondary N) is 2. The second kappa shape index (κ2) is 7.42. The van der Waals surface area contributed by atoms with E-state index in [0.29, 0.717) is 11.8 Å². The molecule has 1 heterocycles. The minimum Gasteiger partial charge on any atom is -0.368 e. The number of carbonyl (C=O) groups is 2. The van der Waals surface area contributed by atoms with Gasteiger partial charge in [0.15, 0.2) is 5.16 Å². The predicted octanol–water partition coefficient (Wildman–Crippen LogP) is 0.779. The van der Waals surface area contributed by atoms with E-state index < -0.39 is 11.9 Å². The van der Waals surface area contributed by atoms with Crippen molar-refractivity contribution in [3.05, 3.63) is 0 Å². The molecule has 10 heteroatoms. The van der Waals surface area contributed by atoms with Crippen molar-refractivity contribution in [2.24, 2.45) is 17.8 Å². The Labute approximate surface area is 150 Å². The Bertz CT molecular complexity index is 651. The first kappa shape index (κ1) is 17.7. The van der Waals surface area contributed by atoms with E-state index in [2.05, 4.69) is 25.6 Å². The molecule has 3 rings (SSSR count). The van der Waals surface area contributed by atoms with Crippen molar-refractivity contribution in [1.29, 1.82) is 0 Å². The number of anilines is 2. The summed E-state index contributed by atoms with van der Waals surface area (Å²) in [6, 6.07) is -0.394. The fraction of sp³-hybridized carbons (Fsp3) is 0.667. The minimum absolute atomic E-state index is 0.00663. The number of urea groups is 1. The number of nitrogen functional groups attached to an aromatic ring is 2. The van der Waals surface area contributed by atoms with Crippen molar-refractivity contribution in [2.45, 2.75) is 43.8 Å². The number of amides is 3. The zero-order valence-corrected chi connectivity index (χ0v) is 14.9. The highest BCUT2D eigenvalue weighted by Gasteiger charge is 2.42. The van der Waals surface area contributed by atoms with Crippen molar-refractivity contribution >= 4 is 35.6 Å². The Hall–Kier alpha value is -2.10. The highest BCUT2D eigenvalue weighted by atomic mass is 32.2. The quantitative estimate of drug-likeness (QED) is 0.559. The van der Waals surface area contributed by atoms with Crippen molar-refractivity contribution in [2.75, 3.05) is 17.2 Å². The third-order valence-electron chi connectivity index (χ3n) is 5.03. The van der Waals surface area contributed by atoms with Gasteiger partial charge in [0.2, 0.25) is 17.8 Å². The predicted molar refractivity (Wildman–Crippen MR) is 94.5 cm³/mol. The van der Waals surface area contributed by atoms with E-state index in [0.717, 1.165) is 17.7 Å². The SMILES string of the molecule is C[C@@H](NC(=O)NC(=O)CSc1nc(N)nc(N)n1)[C@H]1C[C@H]2CC[C@H]1C2. The number of nitrogens with two attached hydrogens (primary N) is 2. The molecule has 0 aliphatic heterocycles. The Kier molecular flexibility index (Phi) is 5.26. The molecule has 3 amide bonds. The monoisotopic (exact) mass is 365 g/mol. The van der Waals surface area contributed by atoms with Gasteiger partial charge in [-0.05, 0) is 43.9 Å². The Morgan fingerprint density at radius 2 is 1.92 bits per heavy atom. The summed E-state index contributed by atoms with van der Waals surface area (Å²) >= 11 is 1.04. The number of nitrogens with zero attached hydrogens (tertiary/aromatic N) is 3. The third kappa shape index (κ3) is 4.50. The van der Waals surface area contributed by atoms with Crippen LogP contribution in [0.5, 0.6) is 0 Å². The van der Waals surface area contributed by atoms with Crippen LogP contribution in [0.2, 0.25) is 0 Å². The first-order valence-electron chi connectivity index (χ1n) is 8.41. The number of imide groups is 1. The van der Waals surface area contributed by atoms with Crippen molar-refractivity contribution < 1.29 is 9.59 Å². The first-order valence-corrected chi connectivity index (χ1v) is 9.39. The fourth-order valence-electron chi connectivity index (χ4n) is 4.00. The standard InChI is InChI=1S/C15H23N7O2S/c1-7(10-5-8-2-3-9(10)4-8)18-14(24)19-11(23)6-25-15-21-12(16)20-13(17)22-15/h7-10H,2-6H2,1H3,(H2,18,19,23,24)(H4,16,17,20,21,22)/t7-,8+,9+,10-/m1/s1. The number of thioether (sulfide) groups is 1. The molecular formula is C15H23N7O2S. The third-order valence-corrected chi connectivity index (χ3v) is 5.88. The molecule has 136 valence electrons. The number of rotatable bonds is 5. The fourth-order valence-corrected chi connectivity index (χ4v) is 4.65. The van der Waals surface area contributed by atoms with Crippen LogP contribution in [0.3, 0.4) is 0 Å². The van der Waals surface area contributed by atoms with Crippen LogP contribution >= 0.6 is 11.8 Å². The average Bonchev–Trinajstić information content (AvgIpc) is 3.15. The lowest BCUT2D eigenvalue weighted by Gasteiger charge is -2.28. The van der Waals surface area contributed by atoms with Crippen LogP contribution in [-0.2, 0) is 4.79 Å². The molecule has 1 aromatic heterocycles. The molecule has 0 radical (unpaired) electrons. The van der Waals surface area contributed by atoms with Crippen LogP contribution in [0, 0.1) is 17.8 Å². The molecule has 0 aromatic carbocycles. The zero-order chi connectivity index (χ0) is 18.0. The van der Waals surface area contributed by atoms with Crippen LogP contribution in [0.4, 0.5) is 16.7 Å². The molecule has 1 aromatic rings. The lowest BCUT2D eigenvalue weighted by Crippen LogP contribution is -2.47. The van der Waals surface area contributed by atoms with Crippen LogP contribution in [0.25, 0.3) is 0 Å². The lowest BCUT2D eigenvalue weighted by molar-refractivity contribution is -0.117. The van der Waals surface area contributed by atoms with Gasteiger partial charge >= 0.3 is 6.03 Å². The molecule has 2 bridgehead atoms. The largest absolute Gasteiger partial charge is 0.368 e. The molecule has 2 aliphatic rings. The van der Waals surface area contributed by atoms with Crippen LogP contribution in [0.15, 0.2) is 5.16 Å². The Morgan fingerprint density at radius 1 is 1.20 bits per heavy atom. The molecule has 25 heavy (non-hydrogen) atoms. The normalized spacial score (nSPS) is 25.6. The lowest BCUT2D eigenvalue weighted by atomic mass is 9.84. The number of fused-ring (bicyclic) bond motifs is 2. The van der Waals surface area contributed by atoms with Gasteiger partial charge < -0.3 is 16.8 Å². The summed E-state index contributed by atoms with van der Waals surface area (Å²) < 4.78 is 0. The van der Waals surface area contributed by atoms with Crippen molar-refractivity contribution in [3.8, 4) is 0 Å². The first-order chi connectivity index (χ1) is 11.9. The Morgan fingerprint density at radius 3 is 2.52 bits per heavy atom. The van der Waals surface area contributed by atoms with Gasteiger partial charge in [-0.25, -0.2) is 4.79 Å². The number of aromatic nitrogens is 3. The summed E-state index contributed by atoms with van der Waals surface area (Å²) in [7, 11) is 0. The zero-order valence-electron chi connectivity index (χ0n) is 14.1. The molecular weight excluding hydrogens is 342 g/mol. The highest BCUT2D eigenvalue weighted by Crippen LogP contribution is 2.49. The summed E-state index contributed by atoms with van der Waals surface area (Å²) in [5.41, 5.74) is 10.9. The summed E-state index contributed by atoms with van der Waals surface area (Å²) in [6.45, 7) is 2.01. The molecule has 6 N–H and O–H groups in total. The van der Waals surface area contributed by atoms with Gasteiger partial charge in [-0.1, -0.05) is 18.2 Å². The highest BCUT2D eigenvalue weighted by molar-refractivity contribution is 7.99. The Balaban J connectivity index is 1.42. The molecule has 0 spiro atoms. The summed E-state index contributed by atoms with van der Waals surface area (Å²) in [5.74, 6) is 1.59. The maximum absolute atomic E-state index is 12.0. The molecule has 4 atom stereocenters. The van der Waals surface area contributed by atoms with Crippen LogP contribution in [-0.4, -0.2) is 38.7 Å². The van der Waals surface area contributed by atoms with Gasteiger partial charge in [0.25, 0.3) is 0 Å². The molecule has 2 aliphatic carbocycles. The van der Waals surface area contributed by atoms with Gasteiger partial charge in [-0.2, -0.15) is 15.0 Å². The van der Waals surface area contributed by atoms with Gasteiger partial charge in [-0.3, -0.25) is 10.1 Å². The van der Waals surface area contributed by atoms with E-state index in [1.54, 1.807) is 0 Å².